The summed E-state index contributed by atoms with van der Waals surface area (Å²) in [6.07, 6.45) is 11.6. The summed E-state index contributed by atoms with van der Waals surface area (Å²) in [6, 6.07) is 0. The van der Waals surface area contributed by atoms with Crippen molar-refractivity contribution in [2.75, 3.05) is 26.9 Å². The zero-order chi connectivity index (χ0) is 17.4. The molecule has 0 fully saturated rings. The summed E-state index contributed by atoms with van der Waals surface area (Å²) in [5, 5.41) is 9.50. The van der Waals surface area contributed by atoms with Crippen LogP contribution in [0, 0.1) is 0 Å². The second kappa shape index (κ2) is 15.3. The predicted molar refractivity (Wildman–Crippen MR) is 90.6 cm³/mol. The van der Waals surface area contributed by atoms with Crippen molar-refractivity contribution in [3.63, 3.8) is 0 Å². The van der Waals surface area contributed by atoms with Gasteiger partial charge in [-0.2, -0.15) is 8.42 Å². The molecule has 23 heavy (non-hydrogen) atoms. The highest BCUT2D eigenvalue weighted by molar-refractivity contribution is 7.81. The Morgan fingerprint density at radius 1 is 0.870 bits per heavy atom. The van der Waals surface area contributed by atoms with Crippen molar-refractivity contribution >= 4 is 10.4 Å². The van der Waals surface area contributed by atoms with Crippen LogP contribution in [-0.2, 0) is 23.5 Å². The van der Waals surface area contributed by atoms with E-state index < -0.39 is 16.5 Å². The van der Waals surface area contributed by atoms with E-state index in [4.69, 9.17) is 4.74 Å². The van der Waals surface area contributed by atoms with E-state index in [0.29, 0.717) is 6.61 Å². The molecule has 1 unspecified atom stereocenters. The molecule has 0 saturated carbocycles. The molecular formula is C16H34O6S. The van der Waals surface area contributed by atoms with Crippen LogP contribution in [0.25, 0.3) is 0 Å². The molecule has 140 valence electrons. The number of ether oxygens (including phenoxy) is 1. The number of hydrogen-bond donors (Lipinski definition) is 1. The van der Waals surface area contributed by atoms with Gasteiger partial charge in [-0.3, -0.25) is 4.18 Å². The van der Waals surface area contributed by atoms with Gasteiger partial charge in [0.2, 0.25) is 0 Å². The number of aliphatic hydroxyl groups is 1. The van der Waals surface area contributed by atoms with Crippen molar-refractivity contribution in [3.05, 3.63) is 0 Å². The minimum Gasteiger partial charge on any atom is -0.388 e. The SMILES string of the molecule is CCCCCCCCCCCCOCC(O)COS(=O)(=O)OC. The standard InChI is InChI=1S/C16H34O6S/c1-3-4-5-6-7-8-9-10-11-12-13-21-14-16(17)15-22-23(18,19)20-2/h16-17H,3-15H2,1-2H3. The van der Waals surface area contributed by atoms with Gasteiger partial charge in [0.1, 0.15) is 6.10 Å². The second-order valence-corrected chi connectivity index (χ2v) is 7.16. The Morgan fingerprint density at radius 2 is 1.39 bits per heavy atom. The highest BCUT2D eigenvalue weighted by Crippen LogP contribution is 2.10. The highest BCUT2D eigenvalue weighted by atomic mass is 32.3. The van der Waals surface area contributed by atoms with Crippen LogP contribution in [0.1, 0.15) is 71.1 Å². The lowest BCUT2D eigenvalue weighted by Crippen LogP contribution is -2.24. The molecule has 1 N–H and O–H groups in total. The van der Waals surface area contributed by atoms with Crippen molar-refractivity contribution < 1.29 is 26.6 Å². The molecule has 0 aliphatic rings. The lowest BCUT2D eigenvalue weighted by atomic mass is 10.1. The fraction of sp³-hybridized carbons (Fsp3) is 1.00. The van der Waals surface area contributed by atoms with E-state index in [0.717, 1.165) is 20.0 Å². The number of hydrogen-bond acceptors (Lipinski definition) is 6. The fourth-order valence-corrected chi connectivity index (χ4v) is 2.59. The van der Waals surface area contributed by atoms with Gasteiger partial charge in [-0.1, -0.05) is 64.7 Å². The van der Waals surface area contributed by atoms with E-state index in [1.165, 1.54) is 51.4 Å². The number of unbranched alkanes of at least 4 members (excludes halogenated alkanes) is 9. The molecule has 1 atom stereocenters. The van der Waals surface area contributed by atoms with Crippen molar-refractivity contribution in [3.8, 4) is 0 Å². The fourth-order valence-electron chi connectivity index (χ4n) is 2.17. The van der Waals surface area contributed by atoms with Gasteiger partial charge in [0.05, 0.1) is 20.3 Å². The van der Waals surface area contributed by atoms with E-state index in [-0.39, 0.29) is 13.2 Å². The van der Waals surface area contributed by atoms with Gasteiger partial charge >= 0.3 is 10.4 Å². The van der Waals surface area contributed by atoms with Crippen molar-refractivity contribution in [2.45, 2.75) is 77.2 Å². The van der Waals surface area contributed by atoms with Crippen molar-refractivity contribution in [1.82, 2.24) is 0 Å². The van der Waals surface area contributed by atoms with Gasteiger partial charge in [0, 0.05) is 6.61 Å². The van der Waals surface area contributed by atoms with Crippen LogP contribution in [0.2, 0.25) is 0 Å². The van der Waals surface area contributed by atoms with Crippen LogP contribution in [0.5, 0.6) is 0 Å². The zero-order valence-corrected chi connectivity index (χ0v) is 15.5. The summed E-state index contributed by atoms with van der Waals surface area (Å²) < 4.78 is 35.6. The largest absolute Gasteiger partial charge is 0.399 e. The summed E-state index contributed by atoms with van der Waals surface area (Å²) in [4.78, 5) is 0. The maximum Gasteiger partial charge on any atom is 0.399 e. The quantitative estimate of drug-likeness (QED) is 0.404. The summed E-state index contributed by atoms with van der Waals surface area (Å²) >= 11 is 0. The first-order valence-corrected chi connectivity index (χ1v) is 10.1. The highest BCUT2D eigenvalue weighted by Gasteiger charge is 2.13. The molecule has 0 aromatic rings. The third kappa shape index (κ3) is 16.4. The molecule has 0 heterocycles. The van der Waals surface area contributed by atoms with E-state index >= 15 is 0 Å². The van der Waals surface area contributed by atoms with Crippen LogP contribution >= 0.6 is 0 Å². The Hall–Kier alpha value is -0.210. The maximum atomic E-state index is 10.9. The minimum atomic E-state index is -3.99. The third-order valence-corrected chi connectivity index (χ3v) is 4.39. The van der Waals surface area contributed by atoms with Gasteiger partial charge in [0.15, 0.2) is 0 Å². The topological polar surface area (TPSA) is 82.1 Å². The maximum absolute atomic E-state index is 10.9. The van der Waals surface area contributed by atoms with Crippen molar-refractivity contribution in [1.29, 1.82) is 0 Å². The van der Waals surface area contributed by atoms with E-state index in [1.807, 2.05) is 0 Å². The predicted octanol–water partition coefficient (Wildman–Crippen LogP) is 3.19. The van der Waals surface area contributed by atoms with E-state index in [1.54, 1.807) is 0 Å². The van der Waals surface area contributed by atoms with Crippen LogP contribution in [0.15, 0.2) is 0 Å². The van der Waals surface area contributed by atoms with Crippen LogP contribution in [0.3, 0.4) is 0 Å². The van der Waals surface area contributed by atoms with Crippen LogP contribution < -0.4 is 0 Å². The first-order chi connectivity index (χ1) is 11.0. The molecule has 0 aliphatic carbocycles. The second-order valence-electron chi connectivity index (χ2n) is 5.77. The Bertz CT molecular complexity index is 344. The lowest BCUT2D eigenvalue weighted by molar-refractivity contribution is 0.00943. The number of rotatable bonds is 17. The van der Waals surface area contributed by atoms with E-state index in [2.05, 4.69) is 15.3 Å². The van der Waals surface area contributed by atoms with Gasteiger partial charge < -0.3 is 9.84 Å². The monoisotopic (exact) mass is 354 g/mol. The molecule has 0 radical (unpaired) electrons. The minimum absolute atomic E-state index is 0.0661. The summed E-state index contributed by atoms with van der Waals surface area (Å²) in [7, 11) is -2.98. The Morgan fingerprint density at radius 3 is 1.91 bits per heavy atom. The molecule has 0 amide bonds. The van der Waals surface area contributed by atoms with Gasteiger partial charge in [-0.25, -0.2) is 4.18 Å². The molecule has 0 saturated heterocycles. The molecular weight excluding hydrogens is 320 g/mol. The van der Waals surface area contributed by atoms with Gasteiger partial charge in [0.25, 0.3) is 0 Å². The van der Waals surface area contributed by atoms with Crippen molar-refractivity contribution in [2.24, 2.45) is 0 Å². The molecule has 6 nitrogen and oxygen atoms in total. The average Bonchev–Trinajstić information content (AvgIpc) is 2.54. The first kappa shape index (κ1) is 22.8. The summed E-state index contributed by atoms with van der Waals surface area (Å²) in [5.74, 6) is 0. The third-order valence-electron chi connectivity index (χ3n) is 3.56. The summed E-state index contributed by atoms with van der Waals surface area (Å²) in [5.41, 5.74) is 0. The number of aliphatic hydroxyl groups excluding tert-OH is 1. The molecule has 0 rings (SSSR count). The smallest absolute Gasteiger partial charge is 0.388 e. The van der Waals surface area contributed by atoms with Gasteiger partial charge in [-0.05, 0) is 6.42 Å². The van der Waals surface area contributed by atoms with Gasteiger partial charge in [-0.15, -0.1) is 0 Å². The zero-order valence-electron chi connectivity index (χ0n) is 14.7. The lowest BCUT2D eigenvalue weighted by Gasteiger charge is -2.11. The Kier molecular flexibility index (Phi) is 15.2. The van der Waals surface area contributed by atoms with Crippen LogP contribution in [-0.4, -0.2) is 46.6 Å². The van der Waals surface area contributed by atoms with Crippen LogP contribution in [0.4, 0.5) is 0 Å². The molecule has 0 aromatic heterocycles. The van der Waals surface area contributed by atoms with E-state index in [9.17, 15) is 13.5 Å². The molecule has 7 heteroatoms. The Labute approximate surface area is 141 Å². The molecule has 0 spiro atoms. The average molecular weight is 355 g/mol. The molecule has 0 bridgehead atoms. The molecule has 0 aliphatic heterocycles. The Balaban J connectivity index is 3.26. The molecule has 0 aromatic carbocycles. The first-order valence-electron chi connectivity index (χ1n) is 8.72. The summed E-state index contributed by atoms with van der Waals surface area (Å²) in [6.45, 7) is 2.52. The normalized spacial score (nSPS) is 13.3.